The van der Waals surface area contributed by atoms with Crippen molar-refractivity contribution < 1.29 is 9.22 Å². The highest BCUT2D eigenvalue weighted by Gasteiger charge is 2.59. The van der Waals surface area contributed by atoms with Gasteiger partial charge in [-0.1, -0.05) is 46.3 Å². The van der Waals surface area contributed by atoms with Crippen molar-refractivity contribution in [3.8, 4) is 0 Å². The van der Waals surface area contributed by atoms with Gasteiger partial charge in [-0.3, -0.25) is 4.79 Å². The van der Waals surface area contributed by atoms with E-state index >= 15 is 0 Å². The van der Waals surface area contributed by atoms with E-state index in [-0.39, 0.29) is 5.41 Å². The highest BCUT2D eigenvalue weighted by atomic mass is 28.4. The van der Waals surface area contributed by atoms with Gasteiger partial charge < -0.3 is 4.43 Å². The van der Waals surface area contributed by atoms with E-state index in [0.29, 0.717) is 23.2 Å². The van der Waals surface area contributed by atoms with Crippen molar-refractivity contribution >= 4 is 14.1 Å². The van der Waals surface area contributed by atoms with Gasteiger partial charge in [0.25, 0.3) is 0 Å². The molecule has 0 aromatic carbocycles. The second-order valence-electron chi connectivity index (χ2n) is 11.8. The van der Waals surface area contributed by atoms with Crippen molar-refractivity contribution in [2.75, 3.05) is 0 Å². The highest BCUT2D eigenvalue weighted by Crippen LogP contribution is 2.66. The molecule has 4 aliphatic carbocycles. The Hall–Kier alpha value is -0.413. The third kappa shape index (κ3) is 3.41. The van der Waals surface area contributed by atoms with Crippen LogP contribution in [0.4, 0.5) is 0 Å². The average Bonchev–Trinajstić information content (AvgIpc) is 3.10. The summed E-state index contributed by atoms with van der Waals surface area (Å²) in [6, 6.07) is 3.78. The maximum Gasteiger partial charge on any atom is 0.192 e. The Bertz CT molecular complexity index is 687. The fraction of sp³-hybridized carbons (Fsp3) is 0.889. The summed E-state index contributed by atoms with van der Waals surface area (Å²) in [6.45, 7) is 14.0. The SMILES string of the molecule is CC[Si](CC)(CC)OC1CC[C@@]2(C)C(=CC[C@H]3[C@@H]4CC[C@H](C(C)=O)[C@@]4(C)CC[C@@H]32)C1. The molecule has 3 saturated carbocycles. The predicted molar refractivity (Wildman–Crippen MR) is 128 cm³/mol. The lowest BCUT2D eigenvalue weighted by atomic mass is 9.47. The first-order valence-corrected chi connectivity index (χ1v) is 15.6. The van der Waals surface area contributed by atoms with Crippen LogP contribution >= 0.6 is 0 Å². The van der Waals surface area contributed by atoms with Crippen LogP contribution in [0.1, 0.15) is 92.9 Å². The molecule has 0 amide bonds. The average molecular weight is 431 g/mol. The number of ketones is 1. The highest BCUT2D eigenvalue weighted by molar-refractivity contribution is 6.73. The number of carbonyl (C=O) groups excluding carboxylic acids is 1. The van der Waals surface area contributed by atoms with Gasteiger partial charge in [0, 0.05) is 12.0 Å². The van der Waals surface area contributed by atoms with Gasteiger partial charge in [-0.2, -0.15) is 0 Å². The largest absolute Gasteiger partial charge is 0.414 e. The maximum atomic E-state index is 12.4. The molecule has 0 aliphatic heterocycles. The van der Waals surface area contributed by atoms with Crippen LogP contribution < -0.4 is 0 Å². The zero-order valence-corrected chi connectivity index (χ0v) is 21.6. The number of Topliss-reactive ketones (excluding diaryl/α,β-unsaturated/α-hetero) is 1. The van der Waals surface area contributed by atoms with Crippen LogP contribution in [0.25, 0.3) is 0 Å². The summed E-state index contributed by atoms with van der Waals surface area (Å²) >= 11 is 0. The van der Waals surface area contributed by atoms with E-state index in [2.05, 4.69) is 40.7 Å². The molecule has 170 valence electrons. The molecule has 0 saturated heterocycles. The molecule has 7 atom stereocenters. The molecule has 4 rings (SSSR count). The molecule has 0 aromatic heterocycles. The first-order valence-electron chi connectivity index (χ1n) is 13.1. The Kier molecular flexibility index (Phi) is 6.20. The van der Waals surface area contributed by atoms with Crippen LogP contribution in [0.15, 0.2) is 11.6 Å². The molecule has 0 heterocycles. The molecule has 0 bridgehead atoms. The number of rotatable bonds is 6. The van der Waals surface area contributed by atoms with Crippen molar-refractivity contribution in [2.24, 2.45) is 34.5 Å². The van der Waals surface area contributed by atoms with Gasteiger partial charge in [0.1, 0.15) is 5.78 Å². The van der Waals surface area contributed by atoms with Crippen LogP contribution in [0, 0.1) is 34.5 Å². The maximum absolute atomic E-state index is 12.4. The third-order valence-corrected chi connectivity index (χ3v) is 15.6. The zero-order valence-electron chi connectivity index (χ0n) is 20.6. The van der Waals surface area contributed by atoms with E-state index < -0.39 is 8.32 Å². The summed E-state index contributed by atoms with van der Waals surface area (Å²) in [5.74, 6) is 3.15. The monoisotopic (exact) mass is 430 g/mol. The minimum absolute atomic E-state index is 0.267. The van der Waals surface area contributed by atoms with E-state index in [1.54, 1.807) is 5.57 Å². The molecule has 0 radical (unpaired) electrons. The molecule has 0 spiro atoms. The lowest BCUT2D eigenvalue weighted by Gasteiger charge is -2.58. The van der Waals surface area contributed by atoms with Gasteiger partial charge >= 0.3 is 0 Å². The van der Waals surface area contributed by atoms with E-state index in [0.717, 1.165) is 24.2 Å². The zero-order chi connectivity index (χ0) is 21.7. The Labute approximate surface area is 186 Å². The van der Waals surface area contributed by atoms with Crippen LogP contribution in [0.3, 0.4) is 0 Å². The van der Waals surface area contributed by atoms with E-state index in [1.807, 2.05) is 6.92 Å². The molecule has 4 aliphatic rings. The Morgan fingerprint density at radius 2 is 1.73 bits per heavy atom. The Morgan fingerprint density at radius 1 is 1.03 bits per heavy atom. The smallest absolute Gasteiger partial charge is 0.192 e. The third-order valence-electron chi connectivity index (χ3n) is 10.9. The number of fused-ring (bicyclic) bond motifs is 5. The summed E-state index contributed by atoms with van der Waals surface area (Å²) in [6.07, 6.45) is 13.1. The van der Waals surface area contributed by atoms with E-state index in [1.165, 1.54) is 63.1 Å². The molecule has 3 heteroatoms. The summed E-state index contributed by atoms with van der Waals surface area (Å²) in [7, 11) is -1.53. The molecule has 3 fully saturated rings. The number of hydrogen-bond acceptors (Lipinski definition) is 2. The quantitative estimate of drug-likeness (QED) is 0.321. The van der Waals surface area contributed by atoms with Crippen molar-refractivity contribution in [1.29, 1.82) is 0 Å². The van der Waals surface area contributed by atoms with Crippen molar-refractivity contribution in [1.82, 2.24) is 0 Å². The van der Waals surface area contributed by atoms with E-state index in [9.17, 15) is 4.79 Å². The van der Waals surface area contributed by atoms with Crippen LogP contribution in [0.5, 0.6) is 0 Å². The molecular weight excluding hydrogens is 384 g/mol. The molecule has 0 aromatic rings. The first kappa shape index (κ1) is 22.8. The molecular formula is C27H46O2Si. The second-order valence-corrected chi connectivity index (χ2v) is 16.5. The molecule has 1 unspecified atom stereocenters. The minimum Gasteiger partial charge on any atom is -0.414 e. The van der Waals surface area contributed by atoms with Gasteiger partial charge in [-0.15, -0.1) is 0 Å². The molecule has 2 nitrogen and oxygen atoms in total. The van der Waals surface area contributed by atoms with Crippen molar-refractivity contribution in [2.45, 2.75) is 117 Å². The van der Waals surface area contributed by atoms with Gasteiger partial charge in [0.15, 0.2) is 8.32 Å². The summed E-state index contributed by atoms with van der Waals surface area (Å²) in [4.78, 5) is 12.4. The number of allylic oxidation sites excluding steroid dienone is 1. The van der Waals surface area contributed by atoms with Crippen molar-refractivity contribution in [3.63, 3.8) is 0 Å². The van der Waals surface area contributed by atoms with Crippen molar-refractivity contribution in [3.05, 3.63) is 11.6 Å². The summed E-state index contributed by atoms with van der Waals surface area (Å²) < 4.78 is 6.94. The van der Waals surface area contributed by atoms with Crippen LogP contribution in [-0.4, -0.2) is 20.2 Å². The summed E-state index contributed by atoms with van der Waals surface area (Å²) in [5.41, 5.74) is 2.38. The standard InChI is InChI=1S/C27H46O2Si/c1-7-30(8-2,9-3)29-21-14-16-26(5)20(18-21)10-11-22-24-13-12-23(19(4)28)27(24,6)17-15-25(22)26/h10,21-25H,7-9,11-18H2,1-6H3/t21?,22-,23+,24-,25-,26-,27+/m0/s1. The Morgan fingerprint density at radius 3 is 2.37 bits per heavy atom. The molecule has 0 N–H and O–H groups in total. The topological polar surface area (TPSA) is 26.3 Å². The first-order chi connectivity index (χ1) is 14.2. The predicted octanol–water partition coefficient (Wildman–Crippen LogP) is 7.54. The Balaban J connectivity index is 1.53. The minimum atomic E-state index is -1.53. The van der Waals surface area contributed by atoms with Crippen LogP contribution in [0.2, 0.25) is 18.1 Å². The molecule has 30 heavy (non-hydrogen) atoms. The number of hydrogen-bond donors (Lipinski definition) is 0. The summed E-state index contributed by atoms with van der Waals surface area (Å²) in [5, 5.41) is 0. The van der Waals surface area contributed by atoms with Crippen LogP contribution in [-0.2, 0) is 9.22 Å². The number of carbonyl (C=O) groups is 1. The van der Waals surface area contributed by atoms with Gasteiger partial charge in [0.2, 0.25) is 0 Å². The van der Waals surface area contributed by atoms with Gasteiger partial charge in [0.05, 0.1) is 0 Å². The fourth-order valence-corrected chi connectivity index (χ4v) is 11.7. The van der Waals surface area contributed by atoms with Gasteiger partial charge in [-0.05, 0) is 105 Å². The second kappa shape index (κ2) is 8.18. The van der Waals surface area contributed by atoms with Gasteiger partial charge in [-0.25, -0.2) is 0 Å². The lowest BCUT2D eigenvalue weighted by molar-refractivity contribution is -0.127. The normalized spacial score (nSPS) is 43.4. The van der Waals surface area contributed by atoms with E-state index in [4.69, 9.17) is 4.43 Å². The fourth-order valence-electron chi connectivity index (χ4n) is 8.75. The lowest BCUT2D eigenvalue weighted by Crippen LogP contribution is -2.51.